The van der Waals surface area contributed by atoms with Gasteiger partial charge < -0.3 is 4.98 Å². The predicted octanol–water partition coefficient (Wildman–Crippen LogP) is 1.47. The first kappa shape index (κ1) is 13.1. The molecule has 18 heavy (non-hydrogen) atoms. The van der Waals surface area contributed by atoms with Gasteiger partial charge in [-0.2, -0.15) is 0 Å². The number of nitrogens with one attached hydrogen (secondary N) is 1. The maximum Gasteiger partial charge on any atom is 0.332 e. The second-order valence-corrected chi connectivity index (χ2v) is 4.87. The van der Waals surface area contributed by atoms with Crippen LogP contribution >= 0.6 is 15.9 Å². The number of aryl methyl sites for hydroxylation is 1. The lowest BCUT2D eigenvalue weighted by Gasteiger charge is -2.09. The van der Waals surface area contributed by atoms with Crippen LogP contribution in [-0.4, -0.2) is 19.1 Å². The SMILES string of the molecule is CCCn1c(=O)c2[nH]c(Br)nc2n(CCC)c1=O. The lowest BCUT2D eigenvalue weighted by atomic mass is 10.4. The molecule has 2 rings (SSSR count). The summed E-state index contributed by atoms with van der Waals surface area (Å²) < 4.78 is 3.28. The molecule has 0 saturated carbocycles. The Bertz CT molecular complexity index is 683. The summed E-state index contributed by atoms with van der Waals surface area (Å²) in [4.78, 5) is 31.4. The zero-order valence-electron chi connectivity index (χ0n) is 10.4. The van der Waals surface area contributed by atoms with E-state index in [1.165, 1.54) is 4.57 Å². The molecule has 0 aliphatic heterocycles. The summed E-state index contributed by atoms with van der Waals surface area (Å²) >= 11 is 3.20. The number of H-pyrrole nitrogens is 1. The molecule has 2 aromatic rings. The molecule has 6 nitrogen and oxygen atoms in total. The molecular formula is C11H15BrN4O2. The summed E-state index contributed by atoms with van der Waals surface area (Å²) in [5, 5.41) is 0. The molecule has 0 aliphatic rings. The van der Waals surface area contributed by atoms with E-state index in [9.17, 15) is 9.59 Å². The summed E-state index contributed by atoms with van der Waals surface area (Å²) in [5.41, 5.74) is 0.215. The van der Waals surface area contributed by atoms with E-state index in [1.54, 1.807) is 4.57 Å². The number of fused-ring (bicyclic) bond motifs is 1. The second kappa shape index (κ2) is 5.09. The lowest BCUT2D eigenvalue weighted by molar-refractivity contribution is 0.555. The summed E-state index contributed by atoms with van der Waals surface area (Å²) in [6.45, 7) is 4.89. The highest BCUT2D eigenvalue weighted by molar-refractivity contribution is 9.10. The third-order valence-electron chi connectivity index (χ3n) is 2.73. The first-order valence-corrected chi connectivity index (χ1v) is 6.78. The maximum absolute atomic E-state index is 12.2. The van der Waals surface area contributed by atoms with Crippen molar-refractivity contribution in [2.75, 3.05) is 0 Å². The Hall–Kier alpha value is -1.37. The Morgan fingerprint density at radius 3 is 2.39 bits per heavy atom. The molecule has 0 spiro atoms. The van der Waals surface area contributed by atoms with Gasteiger partial charge in [-0.25, -0.2) is 9.78 Å². The molecule has 2 heterocycles. The fraction of sp³-hybridized carbons (Fsp3) is 0.545. The van der Waals surface area contributed by atoms with E-state index in [1.807, 2.05) is 13.8 Å². The molecular weight excluding hydrogens is 300 g/mol. The van der Waals surface area contributed by atoms with E-state index in [-0.39, 0.29) is 11.2 Å². The molecule has 1 N–H and O–H groups in total. The van der Waals surface area contributed by atoms with Gasteiger partial charge in [0.1, 0.15) is 0 Å². The number of imidazole rings is 1. The van der Waals surface area contributed by atoms with Crippen LogP contribution in [0.4, 0.5) is 0 Å². The molecule has 0 radical (unpaired) electrons. The Morgan fingerprint density at radius 2 is 1.78 bits per heavy atom. The number of hydrogen-bond acceptors (Lipinski definition) is 3. The van der Waals surface area contributed by atoms with Crippen molar-refractivity contribution in [1.29, 1.82) is 0 Å². The van der Waals surface area contributed by atoms with Crippen molar-refractivity contribution in [2.24, 2.45) is 0 Å². The fourth-order valence-electron chi connectivity index (χ4n) is 1.98. The topological polar surface area (TPSA) is 72.7 Å². The van der Waals surface area contributed by atoms with Crippen LogP contribution < -0.4 is 11.2 Å². The van der Waals surface area contributed by atoms with Crippen LogP contribution in [0.3, 0.4) is 0 Å². The highest BCUT2D eigenvalue weighted by Crippen LogP contribution is 2.10. The van der Waals surface area contributed by atoms with Crippen LogP contribution in [0.25, 0.3) is 11.2 Å². The van der Waals surface area contributed by atoms with Gasteiger partial charge in [0.2, 0.25) is 0 Å². The standard InChI is InChI=1S/C11H15BrN4O2/c1-3-5-15-8-7(13-10(12)14-8)9(17)16(6-4-2)11(15)18/h3-6H2,1-2H3,(H,13,14). The number of halogens is 1. The van der Waals surface area contributed by atoms with Crippen LogP contribution in [-0.2, 0) is 13.1 Å². The van der Waals surface area contributed by atoms with E-state index < -0.39 is 0 Å². The first-order valence-electron chi connectivity index (χ1n) is 5.99. The Balaban J connectivity index is 2.86. The molecule has 0 aliphatic carbocycles. The highest BCUT2D eigenvalue weighted by Gasteiger charge is 2.15. The highest BCUT2D eigenvalue weighted by atomic mass is 79.9. The summed E-state index contributed by atoms with van der Waals surface area (Å²) in [5.74, 6) is 0. The van der Waals surface area contributed by atoms with Gasteiger partial charge in [-0.3, -0.25) is 13.9 Å². The average Bonchev–Trinajstić information content (AvgIpc) is 2.72. The van der Waals surface area contributed by atoms with Crippen LogP contribution in [0.5, 0.6) is 0 Å². The fourth-order valence-corrected chi connectivity index (χ4v) is 2.35. The minimum Gasteiger partial charge on any atom is -0.327 e. The van der Waals surface area contributed by atoms with E-state index >= 15 is 0 Å². The van der Waals surface area contributed by atoms with E-state index in [0.717, 1.165) is 12.8 Å². The zero-order valence-corrected chi connectivity index (χ0v) is 12.0. The minimum atomic E-state index is -0.303. The summed E-state index contributed by atoms with van der Waals surface area (Å²) in [6.07, 6.45) is 1.55. The number of rotatable bonds is 4. The van der Waals surface area contributed by atoms with Gasteiger partial charge in [-0.05, 0) is 28.8 Å². The summed E-state index contributed by atoms with van der Waals surface area (Å²) in [6, 6.07) is 0. The van der Waals surface area contributed by atoms with Crippen molar-refractivity contribution in [1.82, 2.24) is 19.1 Å². The zero-order chi connectivity index (χ0) is 13.3. The predicted molar refractivity (Wildman–Crippen MR) is 72.9 cm³/mol. The van der Waals surface area contributed by atoms with Gasteiger partial charge in [-0.1, -0.05) is 13.8 Å². The minimum absolute atomic E-state index is 0.282. The van der Waals surface area contributed by atoms with Crippen LogP contribution in [0.1, 0.15) is 26.7 Å². The largest absolute Gasteiger partial charge is 0.332 e. The maximum atomic E-state index is 12.2. The van der Waals surface area contributed by atoms with Crippen molar-refractivity contribution in [3.05, 3.63) is 25.6 Å². The second-order valence-electron chi connectivity index (χ2n) is 4.12. The number of nitrogens with zero attached hydrogens (tertiary/aromatic N) is 3. The molecule has 0 bridgehead atoms. The first-order chi connectivity index (χ1) is 8.60. The molecule has 0 aromatic carbocycles. The third kappa shape index (κ3) is 2.03. The van der Waals surface area contributed by atoms with Crippen LogP contribution in [0, 0.1) is 0 Å². The average molecular weight is 315 g/mol. The third-order valence-corrected chi connectivity index (χ3v) is 3.10. The Morgan fingerprint density at radius 1 is 1.17 bits per heavy atom. The Kier molecular flexibility index (Phi) is 3.70. The van der Waals surface area contributed by atoms with Gasteiger partial charge in [0.05, 0.1) is 0 Å². The van der Waals surface area contributed by atoms with Crippen molar-refractivity contribution in [3.8, 4) is 0 Å². The summed E-state index contributed by atoms with van der Waals surface area (Å²) in [7, 11) is 0. The van der Waals surface area contributed by atoms with Gasteiger partial charge in [0, 0.05) is 13.1 Å². The number of aromatic amines is 1. The molecule has 0 fully saturated rings. The molecule has 0 atom stereocenters. The van der Waals surface area contributed by atoms with Gasteiger partial charge in [-0.15, -0.1) is 0 Å². The normalized spacial score (nSPS) is 11.3. The molecule has 0 saturated heterocycles. The molecule has 0 unspecified atom stereocenters. The molecule has 0 amide bonds. The van der Waals surface area contributed by atoms with Crippen LogP contribution in [0.15, 0.2) is 14.3 Å². The van der Waals surface area contributed by atoms with Gasteiger partial charge in [0.15, 0.2) is 15.9 Å². The van der Waals surface area contributed by atoms with Crippen molar-refractivity contribution in [2.45, 2.75) is 39.8 Å². The van der Waals surface area contributed by atoms with Crippen LogP contribution in [0.2, 0.25) is 0 Å². The number of hydrogen-bond donors (Lipinski definition) is 1. The van der Waals surface area contributed by atoms with E-state index in [2.05, 4.69) is 25.9 Å². The van der Waals surface area contributed by atoms with Crippen molar-refractivity contribution in [3.63, 3.8) is 0 Å². The smallest absolute Gasteiger partial charge is 0.327 e. The number of aromatic nitrogens is 4. The van der Waals surface area contributed by atoms with Crippen molar-refractivity contribution < 1.29 is 0 Å². The Labute approximate surface area is 112 Å². The molecule has 2 aromatic heterocycles. The monoisotopic (exact) mass is 314 g/mol. The van der Waals surface area contributed by atoms with Crippen molar-refractivity contribution >= 4 is 27.1 Å². The lowest BCUT2D eigenvalue weighted by Crippen LogP contribution is -2.40. The van der Waals surface area contributed by atoms with E-state index in [4.69, 9.17) is 0 Å². The van der Waals surface area contributed by atoms with E-state index in [0.29, 0.717) is 29.0 Å². The van der Waals surface area contributed by atoms with Gasteiger partial charge in [0.25, 0.3) is 5.56 Å². The quantitative estimate of drug-likeness (QED) is 0.868. The van der Waals surface area contributed by atoms with Gasteiger partial charge >= 0.3 is 5.69 Å². The molecule has 7 heteroatoms. The molecule has 98 valence electrons.